The van der Waals surface area contributed by atoms with E-state index in [1.165, 1.54) is 19.3 Å². The van der Waals surface area contributed by atoms with E-state index in [-0.39, 0.29) is 11.8 Å². The molecule has 17 heavy (non-hydrogen) atoms. The van der Waals surface area contributed by atoms with Crippen molar-refractivity contribution in [3.8, 4) is 0 Å². The molecule has 0 aliphatic heterocycles. The Labute approximate surface area is 103 Å². The summed E-state index contributed by atoms with van der Waals surface area (Å²) >= 11 is 0. The van der Waals surface area contributed by atoms with Gasteiger partial charge in [-0.05, 0) is 44.6 Å². The highest BCUT2D eigenvalue weighted by Crippen LogP contribution is 2.49. The number of carbonyl (C=O) groups excluding carboxylic acids is 1. The number of alkyl halides is 1. The summed E-state index contributed by atoms with van der Waals surface area (Å²) in [5, 5.41) is 3.01. The van der Waals surface area contributed by atoms with Gasteiger partial charge in [-0.2, -0.15) is 0 Å². The summed E-state index contributed by atoms with van der Waals surface area (Å²) in [6.07, 6.45) is 10.6. The number of nitrogens with one attached hydrogen (secondary N) is 1. The topological polar surface area (TPSA) is 29.1 Å². The van der Waals surface area contributed by atoms with Crippen LogP contribution in [-0.4, -0.2) is 17.6 Å². The van der Waals surface area contributed by atoms with Gasteiger partial charge in [-0.3, -0.25) is 4.79 Å². The van der Waals surface area contributed by atoms with Gasteiger partial charge in [0.1, 0.15) is 5.67 Å². The van der Waals surface area contributed by atoms with Crippen LogP contribution < -0.4 is 5.32 Å². The molecule has 2 nitrogen and oxygen atoms in total. The molecule has 2 unspecified atom stereocenters. The van der Waals surface area contributed by atoms with Gasteiger partial charge in [0.05, 0.1) is 0 Å². The monoisotopic (exact) mass is 239 g/mol. The fourth-order valence-electron chi connectivity index (χ4n) is 2.59. The molecule has 2 rings (SSSR count). The molecule has 0 saturated heterocycles. The molecule has 2 fully saturated rings. The van der Waals surface area contributed by atoms with Crippen molar-refractivity contribution in [1.29, 1.82) is 0 Å². The van der Waals surface area contributed by atoms with Crippen molar-refractivity contribution in [3.63, 3.8) is 0 Å². The molecule has 3 heteroatoms. The fourth-order valence-corrected chi connectivity index (χ4v) is 2.59. The molecular formula is C14H22FNO. The van der Waals surface area contributed by atoms with Crippen molar-refractivity contribution < 1.29 is 9.18 Å². The Bertz CT molecular complexity index is 305. The van der Waals surface area contributed by atoms with Gasteiger partial charge in [0.15, 0.2) is 0 Å². The molecular weight excluding hydrogens is 217 g/mol. The summed E-state index contributed by atoms with van der Waals surface area (Å²) in [4.78, 5) is 11.6. The summed E-state index contributed by atoms with van der Waals surface area (Å²) in [5.41, 5.74) is -0.982. The second kappa shape index (κ2) is 5.19. The Morgan fingerprint density at radius 1 is 1.41 bits per heavy atom. The highest BCUT2D eigenvalue weighted by Gasteiger charge is 2.49. The first-order valence-electron chi connectivity index (χ1n) is 6.74. The minimum atomic E-state index is -0.982. The van der Waals surface area contributed by atoms with Gasteiger partial charge < -0.3 is 5.32 Å². The van der Waals surface area contributed by atoms with Crippen LogP contribution in [0.2, 0.25) is 0 Å². The zero-order valence-electron chi connectivity index (χ0n) is 10.5. The molecule has 0 aromatic heterocycles. The van der Waals surface area contributed by atoms with Crippen molar-refractivity contribution >= 4 is 5.91 Å². The molecule has 0 spiro atoms. The van der Waals surface area contributed by atoms with Gasteiger partial charge in [0, 0.05) is 6.04 Å². The van der Waals surface area contributed by atoms with Crippen molar-refractivity contribution in [3.05, 3.63) is 12.2 Å². The first-order chi connectivity index (χ1) is 8.08. The minimum absolute atomic E-state index is 0.0156. The van der Waals surface area contributed by atoms with Crippen molar-refractivity contribution in [2.45, 2.75) is 63.6 Å². The van der Waals surface area contributed by atoms with Crippen LogP contribution in [0.3, 0.4) is 0 Å². The highest BCUT2D eigenvalue weighted by atomic mass is 19.1. The SMILES string of the molecule is CC1(F)CC1C/C=C/C(=O)NC1CCCCC1. The standard InChI is InChI=1S/C14H22FNO/c1-14(15)10-11(14)6-5-9-13(17)16-12-7-3-2-4-8-12/h5,9,11-12H,2-4,6-8,10H2,1H3,(H,16,17)/b9-5+. The van der Waals surface area contributed by atoms with Crippen LogP contribution in [0, 0.1) is 5.92 Å². The van der Waals surface area contributed by atoms with E-state index in [9.17, 15) is 9.18 Å². The Balaban J connectivity index is 1.64. The maximum absolute atomic E-state index is 13.2. The van der Waals surface area contributed by atoms with Gasteiger partial charge >= 0.3 is 0 Å². The Kier molecular flexibility index (Phi) is 3.85. The van der Waals surface area contributed by atoms with E-state index in [0.717, 1.165) is 12.8 Å². The lowest BCUT2D eigenvalue weighted by Crippen LogP contribution is -2.35. The van der Waals surface area contributed by atoms with E-state index < -0.39 is 5.67 Å². The molecule has 2 aliphatic rings. The number of allylic oxidation sites excluding steroid dienone is 1. The Morgan fingerprint density at radius 3 is 2.65 bits per heavy atom. The van der Waals surface area contributed by atoms with Crippen LogP contribution in [0.4, 0.5) is 4.39 Å². The van der Waals surface area contributed by atoms with Gasteiger partial charge in [-0.1, -0.05) is 25.3 Å². The lowest BCUT2D eigenvalue weighted by Gasteiger charge is -2.21. The maximum atomic E-state index is 13.2. The summed E-state index contributed by atoms with van der Waals surface area (Å²) in [7, 11) is 0. The molecule has 96 valence electrons. The number of rotatable bonds is 4. The summed E-state index contributed by atoms with van der Waals surface area (Å²) in [6.45, 7) is 1.63. The largest absolute Gasteiger partial charge is 0.350 e. The zero-order valence-corrected chi connectivity index (χ0v) is 10.5. The Hall–Kier alpha value is -0.860. The van der Waals surface area contributed by atoms with Gasteiger partial charge in [-0.15, -0.1) is 0 Å². The molecule has 0 heterocycles. The molecule has 2 saturated carbocycles. The maximum Gasteiger partial charge on any atom is 0.243 e. The molecule has 1 N–H and O–H groups in total. The third-order valence-electron chi connectivity index (χ3n) is 3.98. The molecule has 0 radical (unpaired) electrons. The zero-order chi connectivity index (χ0) is 12.3. The van der Waals surface area contributed by atoms with Crippen LogP contribution in [0.1, 0.15) is 51.9 Å². The summed E-state index contributed by atoms with van der Waals surface area (Å²) < 4.78 is 13.2. The second-order valence-corrected chi connectivity index (χ2v) is 5.66. The normalized spacial score (nSPS) is 33.9. The van der Waals surface area contributed by atoms with Crippen LogP contribution >= 0.6 is 0 Å². The first kappa shape index (κ1) is 12.6. The molecule has 0 bridgehead atoms. The number of hydrogen-bond acceptors (Lipinski definition) is 1. The predicted octanol–water partition coefficient (Wildman–Crippen LogP) is 3.13. The Morgan fingerprint density at radius 2 is 2.06 bits per heavy atom. The molecule has 2 aliphatic carbocycles. The van der Waals surface area contributed by atoms with E-state index in [1.54, 1.807) is 13.0 Å². The number of hydrogen-bond donors (Lipinski definition) is 1. The minimum Gasteiger partial charge on any atom is -0.350 e. The van der Waals surface area contributed by atoms with Crippen molar-refractivity contribution in [2.24, 2.45) is 5.92 Å². The van der Waals surface area contributed by atoms with Gasteiger partial charge in [-0.25, -0.2) is 4.39 Å². The first-order valence-corrected chi connectivity index (χ1v) is 6.74. The third-order valence-corrected chi connectivity index (χ3v) is 3.98. The van der Waals surface area contributed by atoms with E-state index in [1.807, 2.05) is 6.08 Å². The molecule has 1 amide bonds. The van der Waals surface area contributed by atoms with E-state index in [2.05, 4.69) is 5.32 Å². The van der Waals surface area contributed by atoms with E-state index >= 15 is 0 Å². The van der Waals surface area contributed by atoms with E-state index in [0.29, 0.717) is 18.9 Å². The molecule has 2 atom stereocenters. The number of carbonyl (C=O) groups is 1. The second-order valence-electron chi connectivity index (χ2n) is 5.66. The smallest absolute Gasteiger partial charge is 0.243 e. The lowest BCUT2D eigenvalue weighted by atomic mass is 9.95. The van der Waals surface area contributed by atoms with Crippen molar-refractivity contribution in [1.82, 2.24) is 5.32 Å². The molecule has 0 aromatic rings. The lowest BCUT2D eigenvalue weighted by molar-refractivity contribution is -0.117. The highest BCUT2D eigenvalue weighted by molar-refractivity contribution is 5.87. The van der Waals surface area contributed by atoms with E-state index in [4.69, 9.17) is 0 Å². The molecule has 0 aromatic carbocycles. The summed E-state index contributed by atoms with van der Waals surface area (Å²) in [5.74, 6) is 0.111. The quantitative estimate of drug-likeness (QED) is 0.750. The average molecular weight is 239 g/mol. The van der Waals surface area contributed by atoms with Gasteiger partial charge in [0.2, 0.25) is 5.91 Å². The van der Waals surface area contributed by atoms with Crippen LogP contribution in [-0.2, 0) is 4.79 Å². The van der Waals surface area contributed by atoms with Crippen LogP contribution in [0.25, 0.3) is 0 Å². The average Bonchev–Trinajstić information content (AvgIpc) is 2.88. The van der Waals surface area contributed by atoms with Gasteiger partial charge in [0.25, 0.3) is 0 Å². The summed E-state index contributed by atoms with van der Waals surface area (Å²) in [6, 6.07) is 0.355. The fraction of sp³-hybridized carbons (Fsp3) is 0.786. The van der Waals surface area contributed by atoms with Crippen LogP contribution in [0.15, 0.2) is 12.2 Å². The number of amides is 1. The van der Waals surface area contributed by atoms with Crippen LogP contribution in [0.5, 0.6) is 0 Å². The van der Waals surface area contributed by atoms with Crippen molar-refractivity contribution in [2.75, 3.05) is 0 Å². The number of halogens is 1. The third kappa shape index (κ3) is 3.83. The predicted molar refractivity (Wildman–Crippen MR) is 66.4 cm³/mol.